The molecule has 146 valence electrons. The highest BCUT2D eigenvalue weighted by Crippen LogP contribution is 2.20. The average molecular weight is 383 g/mol. The first-order valence-corrected chi connectivity index (χ1v) is 9.14. The lowest BCUT2D eigenvalue weighted by atomic mass is 10.1. The van der Waals surface area contributed by atoms with Crippen molar-refractivity contribution in [2.45, 2.75) is 25.7 Å². The summed E-state index contributed by atoms with van der Waals surface area (Å²) >= 11 is 0. The number of ether oxygens (including phenoxy) is 2. The molecule has 1 aromatic carbocycles. The Morgan fingerprint density at radius 1 is 1.36 bits per heavy atom. The first-order valence-electron chi connectivity index (χ1n) is 9.14. The smallest absolute Gasteiger partial charge is 0.276 e. The summed E-state index contributed by atoms with van der Waals surface area (Å²) in [6.45, 7) is 2.93. The molecule has 8 heteroatoms. The Morgan fingerprint density at radius 2 is 2.25 bits per heavy atom. The van der Waals surface area contributed by atoms with E-state index in [1.807, 2.05) is 37.3 Å². The zero-order valence-electron chi connectivity index (χ0n) is 15.4. The van der Waals surface area contributed by atoms with Crippen molar-refractivity contribution >= 4 is 16.8 Å². The van der Waals surface area contributed by atoms with Crippen LogP contribution in [0.15, 0.2) is 47.2 Å². The number of oxazole rings is 1. The molecular formula is C20H21N3O5. The van der Waals surface area contributed by atoms with Crippen LogP contribution in [-0.4, -0.2) is 57.8 Å². The van der Waals surface area contributed by atoms with Gasteiger partial charge in [-0.2, -0.15) is 0 Å². The number of aromatic nitrogens is 2. The second-order valence-electron chi connectivity index (χ2n) is 6.54. The summed E-state index contributed by atoms with van der Waals surface area (Å²) in [6.07, 6.45) is 2.36. The van der Waals surface area contributed by atoms with Crippen LogP contribution in [-0.2, 0) is 11.3 Å². The minimum absolute atomic E-state index is 0.0976. The van der Waals surface area contributed by atoms with Crippen molar-refractivity contribution < 1.29 is 23.8 Å². The summed E-state index contributed by atoms with van der Waals surface area (Å²) in [6, 6.07) is 9.03. The Kier molecular flexibility index (Phi) is 5.23. The van der Waals surface area contributed by atoms with Gasteiger partial charge in [0.05, 0.1) is 30.9 Å². The van der Waals surface area contributed by atoms with E-state index in [0.29, 0.717) is 24.8 Å². The minimum Gasteiger partial charge on any atom is -0.484 e. The van der Waals surface area contributed by atoms with Crippen molar-refractivity contribution in [3.05, 3.63) is 54.4 Å². The normalized spacial score (nSPS) is 19.1. The van der Waals surface area contributed by atoms with E-state index >= 15 is 0 Å². The maximum Gasteiger partial charge on any atom is 0.276 e. The molecule has 3 heterocycles. The molecule has 0 unspecified atom stereocenters. The predicted octanol–water partition coefficient (Wildman–Crippen LogP) is 2.02. The van der Waals surface area contributed by atoms with Gasteiger partial charge in [0.1, 0.15) is 12.0 Å². The molecule has 0 aliphatic carbocycles. The van der Waals surface area contributed by atoms with Gasteiger partial charge in [-0.3, -0.25) is 9.78 Å². The number of likely N-dealkylation sites (N-methyl/N-ethyl adjacent to an activating group) is 1. The van der Waals surface area contributed by atoms with E-state index < -0.39 is 6.10 Å². The number of carbonyl (C=O) groups excluding carboxylic acids is 1. The Hall–Kier alpha value is -2.97. The lowest BCUT2D eigenvalue weighted by molar-refractivity contribution is 0.0515. The second kappa shape index (κ2) is 7.95. The summed E-state index contributed by atoms with van der Waals surface area (Å²) in [5, 5.41) is 11.0. The molecule has 3 aromatic rings. The van der Waals surface area contributed by atoms with Crippen molar-refractivity contribution in [2.75, 3.05) is 19.8 Å². The second-order valence-corrected chi connectivity index (χ2v) is 6.54. The number of hydrogen-bond acceptors (Lipinski definition) is 7. The van der Waals surface area contributed by atoms with Crippen molar-refractivity contribution in [3.63, 3.8) is 0 Å². The quantitative estimate of drug-likeness (QED) is 0.695. The van der Waals surface area contributed by atoms with E-state index in [4.69, 9.17) is 13.9 Å². The topological polar surface area (TPSA) is 97.9 Å². The van der Waals surface area contributed by atoms with E-state index in [-0.39, 0.29) is 30.9 Å². The highest BCUT2D eigenvalue weighted by molar-refractivity contribution is 5.92. The van der Waals surface area contributed by atoms with Gasteiger partial charge in [0.25, 0.3) is 5.91 Å². The molecule has 0 spiro atoms. The van der Waals surface area contributed by atoms with Crippen molar-refractivity contribution in [2.24, 2.45) is 0 Å². The SMILES string of the molecule is CCN(C(=O)c1coc(COc2ccc3ncccc3c2)n1)[C@H]1COC[C@@H]1O. The summed E-state index contributed by atoms with van der Waals surface area (Å²) in [5.74, 6) is 0.658. The Morgan fingerprint density at radius 3 is 3.04 bits per heavy atom. The molecule has 2 atom stereocenters. The van der Waals surface area contributed by atoms with Crippen LogP contribution in [0.4, 0.5) is 0 Å². The first-order chi connectivity index (χ1) is 13.7. The van der Waals surface area contributed by atoms with Gasteiger partial charge in [0, 0.05) is 18.1 Å². The third kappa shape index (κ3) is 3.69. The standard InChI is InChI=1S/C20H21N3O5/c1-2-23(17-10-26-11-18(17)24)20(25)16-9-28-19(22-16)12-27-14-5-6-15-13(8-14)4-3-7-21-15/h3-9,17-18,24H,2,10-12H2,1H3/t17-,18-/m0/s1. The van der Waals surface area contributed by atoms with Gasteiger partial charge in [0.15, 0.2) is 12.3 Å². The van der Waals surface area contributed by atoms with Crippen LogP contribution in [0.1, 0.15) is 23.3 Å². The van der Waals surface area contributed by atoms with Crippen LogP contribution in [0.25, 0.3) is 10.9 Å². The van der Waals surface area contributed by atoms with Gasteiger partial charge in [-0.25, -0.2) is 4.98 Å². The van der Waals surface area contributed by atoms with E-state index in [1.165, 1.54) is 6.26 Å². The molecule has 4 rings (SSSR count). The fourth-order valence-electron chi connectivity index (χ4n) is 3.27. The highest BCUT2D eigenvalue weighted by Gasteiger charge is 2.35. The number of nitrogens with zero attached hydrogens (tertiary/aromatic N) is 3. The van der Waals surface area contributed by atoms with Gasteiger partial charge in [-0.05, 0) is 31.2 Å². The van der Waals surface area contributed by atoms with Crippen LogP contribution in [0.5, 0.6) is 5.75 Å². The molecule has 8 nitrogen and oxygen atoms in total. The average Bonchev–Trinajstić information content (AvgIpc) is 3.36. The molecule has 0 saturated carbocycles. The Bertz CT molecular complexity index is 973. The lowest BCUT2D eigenvalue weighted by Crippen LogP contribution is -2.46. The number of rotatable bonds is 6. The van der Waals surface area contributed by atoms with E-state index in [1.54, 1.807) is 11.1 Å². The zero-order chi connectivity index (χ0) is 19.5. The van der Waals surface area contributed by atoms with E-state index in [9.17, 15) is 9.90 Å². The number of benzene rings is 1. The van der Waals surface area contributed by atoms with E-state index in [2.05, 4.69) is 9.97 Å². The van der Waals surface area contributed by atoms with Crippen LogP contribution in [0.3, 0.4) is 0 Å². The maximum atomic E-state index is 12.7. The predicted molar refractivity (Wildman–Crippen MR) is 99.9 cm³/mol. The number of fused-ring (bicyclic) bond motifs is 1. The third-order valence-electron chi connectivity index (χ3n) is 4.73. The number of aliphatic hydroxyl groups is 1. The third-order valence-corrected chi connectivity index (χ3v) is 4.73. The van der Waals surface area contributed by atoms with Crippen LogP contribution < -0.4 is 4.74 Å². The van der Waals surface area contributed by atoms with Gasteiger partial charge in [0.2, 0.25) is 5.89 Å². The molecule has 0 bridgehead atoms. The maximum absolute atomic E-state index is 12.7. The zero-order valence-corrected chi connectivity index (χ0v) is 15.4. The van der Waals surface area contributed by atoms with Gasteiger partial charge < -0.3 is 23.9 Å². The first kappa shape index (κ1) is 18.4. The number of aliphatic hydroxyl groups excluding tert-OH is 1. The van der Waals surface area contributed by atoms with Gasteiger partial charge in [-0.15, -0.1) is 0 Å². The van der Waals surface area contributed by atoms with Gasteiger partial charge >= 0.3 is 0 Å². The molecule has 1 N–H and O–H groups in total. The summed E-state index contributed by atoms with van der Waals surface area (Å²) in [5.41, 5.74) is 1.07. The number of pyridine rings is 1. The van der Waals surface area contributed by atoms with Crippen molar-refractivity contribution in [1.29, 1.82) is 0 Å². The lowest BCUT2D eigenvalue weighted by Gasteiger charge is -2.27. The largest absolute Gasteiger partial charge is 0.484 e. The van der Waals surface area contributed by atoms with Crippen molar-refractivity contribution in [1.82, 2.24) is 14.9 Å². The fourth-order valence-corrected chi connectivity index (χ4v) is 3.27. The number of amides is 1. The highest BCUT2D eigenvalue weighted by atomic mass is 16.5. The fraction of sp³-hybridized carbons (Fsp3) is 0.350. The molecule has 1 aliphatic rings. The van der Waals surface area contributed by atoms with Crippen LogP contribution in [0, 0.1) is 0 Å². The number of carbonyl (C=O) groups is 1. The van der Waals surface area contributed by atoms with Gasteiger partial charge in [-0.1, -0.05) is 6.07 Å². The Balaban J connectivity index is 1.42. The molecule has 2 aromatic heterocycles. The molecule has 28 heavy (non-hydrogen) atoms. The molecule has 1 fully saturated rings. The molecule has 0 radical (unpaired) electrons. The Labute approximate surface area is 161 Å². The summed E-state index contributed by atoms with van der Waals surface area (Å²) in [4.78, 5) is 22.8. The van der Waals surface area contributed by atoms with Crippen LogP contribution >= 0.6 is 0 Å². The van der Waals surface area contributed by atoms with Crippen LogP contribution in [0.2, 0.25) is 0 Å². The molecule has 1 amide bonds. The van der Waals surface area contributed by atoms with E-state index in [0.717, 1.165) is 10.9 Å². The number of hydrogen-bond donors (Lipinski definition) is 1. The molecule has 1 saturated heterocycles. The van der Waals surface area contributed by atoms with Crippen molar-refractivity contribution in [3.8, 4) is 5.75 Å². The summed E-state index contributed by atoms with van der Waals surface area (Å²) in [7, 11) is 0. The minimum atomic E-state index is -0.694. The molecule has 1 aliphatic heterocycles. The monoisotopic (exact) mass is 383 g/mol. The molecular weight excluding hydrogens is 362 g/mol. The summed E-state index contributed by atoms with van der Waals surface area (Å²) < 4.78 is 16.4.